The second kappa shape index (κ2) is 6.84. The van der Waals surface area contributed by atoms with Crippen LogP contribution in [0.4, 0.5) is 5.69 Å². The van der Waals surface area contributed by atoms with Gasteiger partial charge in [-0.1, -0.05) is 0 Å². The van der Waals surface area contributed by atoms with Gasteiger partial charge in [0.05, 0.1) is 18.5 Å². The van der Waals surface area contributed by atoms with Gasteiger partial charge in [-0.3, -0.25) is 9.88 Å². The smallest absolute Gasteiger partial charge is 0.0703 e. The van der Waals surface area contributed by atoms with Gasteiger partial charge in [0.1, 0.15) is 0 Å². The third kappa shape index (κ3) is 3.89. The molecule has 0 saturated carbocycles. The van der Waals surface area contributed by atoms with E-state index in [1.165, 1.54) is 0 Å². The average molecular weight is 264 g/mol. The van der Waals surface area contributed by atoms with E-state index in [1.54, 1.807) is 6.20 Å². The molecule has 1 N–H and O–H groups in total. The quantitative estimate of drug-likeness (QED) is 0.826. The van der Waals surface area contributed by atoms with Crippen molar-refractivity contribution in [1.82, 2.24) is 14.8 Å². The van der Waals surface area contributed by atoms with E-state index in [4.69, 9.17) is 0 Å². The molecule has 0 amide bonds. The summed E-state index contributed by atoms with van der Waals surface area (Å²) in [5.74, 6) is 0. The molecule has 1 saturated heterocycles. The zero-order valence-electron chi connectivity index (χ0n) is 11.9. The summed E-state index contributed by atoms with van der Waals surface area (Å²) in [6.07, 6.45) is 3.60. The van der Waals surface area contributed by atoms with Crippen LogP contribution in [0.15, 0.2) is 18.5 Å². The van der Waals surface area contributed by atoms with Crippen LogP contribution in [0.2, 0.25) is 0 Å². The van der Waals surface area contributed by atoms with E-state index in [0.717, 1.165) is 50.5 Å². The van der Waals surface area contributed by atoms with Crippen molar-refractivity contribution < 1.29 is 5.11 Å². The second-order valence-corrected chi connectivity index (χ2v) is 5.29. The predicted molar refractivity (Wildman–Crippen MR) is 77.4 cm³/mol. The minimum absolute atomic E-state index is 0.0820. The van der Waals surface area contributed by atoms with Crippen LogP contribution in [-0.4, -0.2) is 73.3 Å². The first-order chi connectivity index (χ1) is 9.20. The Morgan fingerprint density at radius 2 is 2.00 bits per heavy atom. The van der Waals surface area contributed by atoms with Crippen molar-refractivity contribution in [2.24, 2.45) is 0 Å². The molecule has 1 fully saturated rings. The summed E-state index contributed by atoms with van der Waals surface area (Å²) in [6, 6.07) is 1.90. The number of aliphatic hydroxyl groups is 1. The molecular weight excluding hydrogens is 240 g/mol. The van der Waals surface area contributed by atoms with E-state index in [-0.39, 0.29) is 6.61 Å². The number of hydrogen-bond acceptors (Lipinski definition) is 5. The number of pyridine rings is 1. The topological polar surface area (TPSA) is 42.8 Å². The first-order valence-electron chi connectivity index (χ1n) is 6.86. The molecule has 5 heteroatoms. The maximum Gasteiger partial charge on any atom is 0.0703 e. The van der Waals surface area contributed by atoms with Gasteiger partial charge in [-0.05, 0) is 20.2 Å². The van der Waals surface area contributed by atoms with Crippen LogP contribution in [0.3, 0.4) is 0 Å². The van der Waals surface area contributed by atoms with Crippen molar-refractivity contribution >= 4 is 5.69 Å². The average Bonchev–Trinajstić information content (AvgIpc) is 2.45. The molecular formula is C14H24N4O. The number of piperazine rings is 1. The van der Waals surface area contributed by atoms with E-state index < -0.39 is 0 Å². The van der Waals surface area contributed by atoms with Gasteiger partial charge in [-0.25, -0.2) is 0 Å². The number of nitrogens with zero attached hydrogens (tertiary/aromatic N) is 4. The van der Waals surface area contributed by atoms with E-state index in [1.807, 2.05) is 12.3 Å². The van der Waals surface area contributed by atoms with Crippen molar-refractivity contribution in [1.29, 1.82) is 0 Å². The summed E-state index contributed by atoms with van der Waals surface area (Å²) in [7, 11) is 4.22. The van der Waals surface area contributed by atoms with Gasteiger partial charge in [0.15, 0.2) is 0 Å². The molecule has 1 aromatic heterocycles. The zero-order valence-corrected chi connectivity index (χ0v) is 11.9. The molecule has 0 radical (unpaired) electrons. The van der Waals surface area contributed by atoms with Gasteiger partial charge in [0, 0.05) is 51.0 Å². The standard InChI is InChI=1S/C14H24N4O/c1-16(2)5-6-17-7-9-18(10-8-17)14-11-15-4-3-13(14)12-19/h3-4,11,19H,5-10,12H2,1-2H3. The SMILES string of the molecule is CN(C)CCN1CCN(c2cnccc2CO)CC1. The Hall–Kier alpha value is -1.17. The first-order valence-corrected chi connectivity index (χ1v) is 6.86. The Labute approximate surface area is 115 Å². The largest absolute Gasteiger partial charge is 0.392 e. The molecule has 0 bridgehead atoms. The summed E-state index contributed by atoms with van der Waals surface area (Å²) in [4.78, 5) is 11.2. The Morgan fingerprint density at radius 3 is 2.63 bits per heavy atom. The Morgan fingerprint density at radius 1 is 1.26 bits per heavy atom. The highest BCUT2D eigenvalue weighted by molar-refractivity contribution is 5.51. The lowest BCUT2D eigenvalue weighted by atomic mass is 10.2. The Kier molecular flexibility index (Phi) is 5.13. The predicted octanol–water partition coefficient (Wildman–Crippen LogP) is 0.258. The van der Waals surface area contributed by atoms with Crippen LogP contribution in [0, 0.1) is 0 Å². The van der Waals surface area contributed by atoms with Crippen molar-refractivity contribution in [3.8, 4) is 0 Å². The lowest BCUT2D eigenvalue weighted by Gasteiger charge is -2.37. The Bertz CT molecular complexity index is 389. The van der Waals surface area contributed by atoms with Crippen LogP contribution >= 0.6 is 0 Å². The number of likely N-dealkylation sites (N-methyl/N-ethyl adjacent to an activating group) is 1. The first kappa shape index (κ1) is 14.2. The van der Waals surface area contributed by atoms with Gasteiger partial charge < -0.3 is 14.9 Å². The highest BCUT2D eigenvalue weighted by Gasteiger charge is 2.18. The molecule has 19 heavy (non-hydrogen) atoms. The number of anilines is 1. The van der Waals surface area contributed by atoms with Crippen molar-refractivity contribution in [2.45, 2.75) is 6.61 Å². The van der Waals surface area contributed by atoms with Crippen LogP contribution in [0.1, 0.15) is 5.56 Å². The fourth-order valence-corrected chi connectivity index (χ4v) is 2.39. The maximum absolute atomic E-state index is 9.38. The molecule has 0 unspecified atom stereocenters. The van der Waals surface area contributed by atoms with Crippen molar-refractivity contribution in [3.05, 3.63) is 24.0 Å². The molecule has 1 aliphatic heterocycles. The number of aromatic nitrogens is 1. The summed E-state index contributed by atoms with van der Waals surface area (Å²) >= 11 is 0. The van der Waals surface area contributed by atoms with Gasteiger partial charge in [-0.15, -0.1) is 0 Å². The highest BCUT2D eigenvalue weighted by Crippen LogP contribution is 2.20. The fraction of sp³-hybridized carbons (Fsp3) is 0.643. The molecule has 0 spiro atoms. The van der Waals surface area contributed by atoms with E-state index in [9.17, 15) is 5.11 Å². The van der Waals surface area contributed by atoms with Gasteiger partial charge in [0.25, 0.3) is 0 Å². The number of rotatable bonds is 5. The van der Waals surface area contributed by atoms with Crippen LogP contribution < -0.4 is 4.90 Å². The third-order valence-electron chi connectivity index (χ3n) is 3.63. The molecule has 1 aliphatic rings. The zero-order chi connectivity index (χ0) is 13.7. The third-order valence-corrected chi connectivity index (χ3v) is 3.63. The molecule has 0 atom stereocenters. The number of aliphatic hydroxyl groups excluding tert-OH is 1. The summed E-state index contributed by atoms with van der Waals surface area (Å²) < 4.78 is 0. The lowest BCUT2D eigenvalue weighted by Crippen LogP contribution is -2.48. The van der Waals surface area contributed by atoms with Crippen LogP contribution in [-0.2, 0) is 6.61 Å². The molecule has 106 valence electrons. The van der Waals surface area contributed by atoms with Crippen molar-refractivity contribution in [3.63, 3.8) is 0 Å². The fourth-order valence-electron chi connectivity index (χ4n) is 2.39. The van der Waals surface area contributed by atoms with E-state index >= 15 is 0 Å². The molecule has 5 nitrogen and oxygen atoms in total. The van der Waals surface area contributed by atoms with Crippen LogP contribution in [0.5, 0.6) is 0 Å². The Balaban J connectivity index is 1.89. The minimum Gasteiger partial charge on any atom is -0.392 e. The molecule has 2 heterocycles. The molecule has 0 aliphatic carbocycles. The van der Waals surface area contributed by atoms with Gasteiger partial charge in [-0.2, -0.15) is 0 Å². The molecule has 2 rings (SSSR count). The normalized spacial score (nSPS) is 17.2. The summed E-state index contributed by atoms with van der Waals surface area (Å²) in [5, 5.41) is 9.38. The maximum atomic E-state index is 9.38. The summed E-state index contributed by atoms with van der Waals surface area (Å²) in [5.41, 5.74) is 2.05. The lowest BCUT2D eigenvalue weighted by molar-refractivity contribution is 0.229. The van der Waals surface area contributed by atoms with E-state index in [2.05, 4.69) is 33.8 Å². The second-order valence-electron chi connectivity index (χ2n) is 5.29. The molecule has 0 aromatic carbocycles. The summed E-state index contributed by atoms with van der Waals surface area (Å²) in [6.45, 7) is 6.48. The monoisotopic (exact) mass is 264 g/mol. The van der Waals surface area contributed by atoms with Gasteiger partial charge in [0.2, 0.25) is 0 Å². The van der Waals surface area contributed by atoms with E-state index in [0.29, 0.717) is 0 Å². The highest BCUT2D eigenvalue weighted by atomic mass is 16.3. The minimum atomic E-state index is 0.0820. The molecule has 1 aromatic rings. The van der Waals surface area contributed by atoms with Crippen LogP contribution in [0.25, 0.3) is 0 Å². The van der Waals surface area contributed by atoms with Crippen molar-refractivity contribution in [2.75, 3.05) is 58.3 Å². The number of hydrogen-bond donors (Lipinski definition) is 1. The van der Waals surface area contributed by atoms with Gasteiger partial charge >= 0.3 is 0 Å².